The normalized spacial score (nSPS) is 24.4. The molecule has 1 aliphatic heterocycles. The maximum atomic E-state index is 12.8. The fraction of sp³-hybridized carbons (Fsp3) is 0.714. The van der Waals surface area contributed by atoms with Crippen molar-refractivity contribution in [3.63, 3.8) is 0 Å². The zero-order valence-corrected chi connectivity index (χ0v) is 14.1. The van der Waals surface area contributed by atoms with Crippen molar-refractivity contribution >= 4 is 21.4 Å². The topological polar surface area (TPSA) is 49.4 Å². The van der Waals surface area contributed by atoms with Crippen LogP contribution in [0.25, 0.3) is 0 Å². The first-order chi connectivity index (χ1) is 9.50. The fourth-order valence-corrected chi connectivity index (χ4v) is 6.19. The first-order valence-electron chi connectivity index (χ1n) is 7.33. The third-order valence-electron chi connectivity index (χ3n) is 3.90. The van der Waals surface area contributed by atoms with E-state index in [1.165, 1.54) is 11.3 Å². The molecule has 0 bridgehead atoms. The molecule has 6 heteroatoms. The Morgan fingerprint density at radius 2 is 2.10 bits per heavy atom. The van der Waals surface area contributed by atoms with Crippen LogP contribution in [0.1, 0.15) is 44.9 Å². The monoisotopic (exact) mass is 316 g/mol. The molecule has 0 spiro atoms. The molecule has 1 saturated heterocycles. The molecule has 114 valence electrons. The van der Waals surface area contributed by atoms with Crippen molar-refractivity contribution in [2.75, 3.05) is 6.54 Å². The van der Waals surface area contributed by atoms with E-state index in [0.717, 1.165) is 37.2 Å². The molecule has 1 N–H and O–H groups in total. The summed E-state index contributed by atoms with van der Waals surface area (Å²) in [6.45, 7) is 7.75. The van der Waals surface area contributed by atoms with Gasteiger partial charge >= 0.3 is 0 Å². The van der Waals surface area contributed by atoms with Gasteiger partial charge < -0.3 is 5.32 Å². The minimum atomic E-state index is -3.33. The summed E-state index contributed by atoms with van der Waals surface area (Å²) in [5, 5.41) is 3.23. The fourth-order valence-electron chi connectivity index (χ4n) is 2.81. The maximum Gasteiger partial charge on any atom is 0.253 e. The molecule has 4 nitrogen and oxygen atoms in total. The van der Waals surface area contributed by atoms with Crippen molar-refractivity contribution in [1.29, 1.82) is 0 Å². The molecule has 0 aromatic carbocycles. The average Bonchev–Trinajstić information content (AvgIpc) is 3.03. The highest BCUT2D eigenvalue weighted by atomic mass is 32.2. The quantitative estimate of drug-likeness (QED) is 0.878. The second-order valence-corrected chi connectivity index (χ2v) is 8.56. The van der Waals surface area contributed by atoms with Crippen LogP contribution in [0.4, 0.5) is 0 Å². The largest absolute Gasteiger partial charge is 0.312 e. The molecule has 1 aromatic rings. The lowest BCUT2D eigenvalue weighted by atomic mass is 10.2. The number of nitrogens with one attached hydrogen (secondary N) is 1. The van der Waals surface area contributed by atoms with Gasteiger partial charge in [0, 0.05) is 23.5 Å². The summed E-state index contributed by atoms with van der Waals surface area (Å²) in [5.74, 6) is 0. The zero-order valence-electron chi connectivity index (χ0n) is 12.4. The van der Waals surface area contributed by atoms with Crippen LogP contribution in [-0.2, 0) is 16.6 Å². The maximum absolute atomic E-state index is 12.8. The highest BCUT2D eigenvalue weighted by Gasteiger charge is 2.39. The summed E-state index contributed by atoms with van der Waals surface area (Å²) < 4.78 is 27.9. The van der Waals surface area contributed by atoms with Gasteiger partial charge in [0.05, 0.1) is 0 Å². The van der Waals surface area contributed by atoms with E-state index in [2.05, 4.69) is 12.2 Å². The molecule has 2 rings (SSSR count). The second kappa shape index (κ2) is 6.56. The Bertz CT molecular complexity index is 539. The number of sulfonamides is 1. The summed E-state index contributed by atoms with van der Waals surface area (Å²) in [6.07, 6.45) is 2.83. The zero-order chi connectivity index (χ0) is 14.8. The van der Waals surface area contributed by atoms with E-state index < -0.39 is 10.0 Å². The third-order valence-corrected chi connectivity index (χ3v) is 7.52. The van der Waals surface area contributed by atoms with Crippen LogP contribution in [-0.4, -0.2) is 31.4 Å². The number of hydrogen-bond donors (Lipinski definition) is 1. The highest BCUT2D eigenvalue weighted by molar-refractivity contribution is 7.91. The van der Waals surface area contributed by atoms with Gasteiger partial charge in [-0.3, -0.25) is 0 Å². The molecule has 0 aliphatic carbocycles. The molecular formula is C14H24N2O2S2. The first kappa shape index (κ1) is 15.9. The Hall–Kier alpha value is -0.430. The number of nitrogens with zero attached hydrogens (tertiary/aromatic N) is 1. The van der Waals surface area contributed by atoms with Gasteiger partial charge in [-0.1, -0.05) is 13.8 Å². The molecule has 1 fully saturated rings. The van der Waals surface area contributed by atoms with Gasteiger partial charge in [0.2, 0.25) is 0 Å². The lowest BCUT2D eigenvalue weighted by Crippen LogP contribution is -2.39. The van der Waals surface area contributed by atoms with Crippen LogP contribution < -0.4 is 5.32 Å². The number of rotatable bonds is 6. The van der Waals surface area contributed by atoms with Gasteiger partial charge in [-0.05, 0) is 44.9 Å². The summed E-state index contributed by atoms with van der Waals surface area (Å²) in [5.41, 5.74) is 0. The molecule has 0 radical (unpaired) electrons. The molecule has 1 aliphatic rings. The minimum absolute atomic E-state index is 0.115. The summed E-state index contributed by atoms with van der Waals surface area (Å²) in [7, 11) is -3.33. The van der Waals surface area contributed by atoms with Crippen LogP contribution in [0, 0.1) is 0 Å². The van der Waals surface area contributed by atoms with Crippen LogP contribution >= 0.6 is 11.3 Å². The van der Waals surface area contributed by atoms with Gasteiger partial charge in [-0.25, -0.2) is 8.42 Å². The van der Waals surface area contributed by atoms with Gasteiger partial charge in [0.25, 0.3) is 10.0 Å². The van der Waals surface area contributed by atoms with E-state index in [0.29, 0.717) is 4.21 Å². The Kier molecular flexibility index (Phi) is 5.23. The Morgan fingerprint density at radius 1 is 1.35 bits per heavy atom. The standard InChI is InChI=1S/C14H24N2O2S2/c1-4-12-7-6-11(3)16(12)20(17,18)14-9-8-13(19-14)10-15-5-2/h8-9,11-12,15H,4-7,10H2,1-3H3. The van der Waals surface area contributed by atoms with Gasteiger partial charge in [0.1, 0.15) is 4.21 Å². The molecule has 2 atom stereocenters. The smallest absolute Gasteiger partial charge is 0.253 e. The first-order valence-corrected chi connectivity index (χ1v) is 9.59. The average molecular weight is 316 g/mol. The van der Waals surface area contributed by atoms with Crippen LogP contribution in [0.3, 0.4) is 0 Å². The van der Waals surface area contributed by atoms with E-state index >= 15 is 0 Å². The predicted octanol–water partition coefficient (Wildman–Crippen LogP) is 2.81. The van der Waals surface area contributed by atoms with Gasteiger partial charge in [0.15, 0.2) is 0 Å². The Balaban J connectivity index is 2.23. The second-order valence-electron chi connectivity index (χ2n) is 5.32. The van der Waals surface area contributed by atoms with E-state index in [1.54, 1.807) is 10.4 Å². The van der Waals surface area contributed by atoms with E-state index in [9.17, 15) is 8.42 Å². The van der Waals surface area contributed by atoms with Crippen LogP contribution in [0.2, 0.25) is 0 Å². The molecule has 2 unspecified atom stereocenters. The molecule has 20 heavy (non-hydrogen) atoms. The Morgan fingerprint density at radius 3 is 2.75 bits per heavy atom. The molecular weight excluding hydrogens is 292 g/mol. The lowest BCUT2D eigenvalue weighted by molar-refractivity contribution is 0.329. The molecule has 1 aromatic heterocycles. The summed E-state index contributed by atoms with van der Waals surface area (Å²) in [4.78, 5) is 1.07. The minimum Gasteiger partial charge on any atom is -0.312 e. The van der Waals surface area contributed by atoms with Crippen molar-refractivity contribution in [1.82, 2.24) is 9.62 Å². The van der Waals surface area contributed by atoms with Crippen molar-refractivity contribution in [3.8, 4) is 0 Å². The predicted molar refractivity (Wildman–Crippen MR) is 83.5 cm³/mol. The Labute approximate surface area is 126 Å². The lowest BCUT2D eigenvalue weighted by Gasteiger charge is -2.26. The highest BCUT2D eigenvalue weighted by Crippen LogP contribution is 2.34. The molecule has 0 amide bonds. The summed E-state index contributed by atoms with van der Waals surface area (Å²) >= 11 is 1.39. The molecule has 0 saturated carbocycles. The van der Waals surface area contributed by atoms with Crippen molar-refractivity contribution < 1.29 is 8.42 Å². The van der Waals surface area contributed by atoms with Crippen molar-refractivity contribution in [3.05, 3.63) is 17.0 Å². The van der Waals surface area contributed by atoms with E-state index in [1.807, 2.05) is 19.9 Å². The van der Waals surface area contributed by atoms with Gasteiger partial charge in [-0.2, -0.15) is 4.31 Å². The summed E-state index contributed by atoms with van der Waals surface area (Å²) in [6, 6.07) is 3.95. The van der Waals surface area contributed by atoms with Gasteiger partial charge in [-0.15, -0.1) is 11.3 Å². The molecule has 2 heterocycles. The SMILES string of the molecule is CCNCc1ccc(S(=O)(=O)N2C(C)CCC2CC)s1. The van der Waals surface area contributed by atoms with Crippen molar-refractivity contribution in [2.45, 2.75) is 62.9 Å². The van der Waals surface area contributed by atoms with E-state index in [4.69, 9.17) is 0 Å². The van der Waals surface area contributed by atoms with Crippen molar-refractivity contribution in [2.24, 2.45) is 0 Å². The van der Waals surface area contributed by atoms with Crippen LogP contribution in [0.5, 0.6) is 0 Å². The third kappa shape index (κ3) is 3.08. The van der Waals surface area contributed by atoms with Crippen LogP contribution in [0.15, 0.2) is 16.3 Å². The number of thiophene rings is 1. The number of hydrogen-bond acceptors (Lipinski definition) is 4. The van der Waals surface area contributed by atoms with E-state index in [-0.39, 0.29) is 12.1 Å².